The van der Waals surface area contributed by atoms with Crippen LogP contribution in [0, 0.1) is 20.8 Å². The molecular formula is C19H21N3O3. The maximum atomic E-state index is 12.4. The summed E-state index contributed by atoms with van der Waals surface area (Å²) in [6, 6.07) is 11.4. The van der Waals surface area contributed by atoms with Gasteiger partial charge in [-0.05, 0) is 38.0 Å². The molecule has 0 atom stereocenters. The molecule has 0 radical (unpaired) electrons. The molecule has 1 amide bonds. The van der Waals surface area contributed by atoms with Gasteiger partial charge in [-0.15, -0.1) is 0 Å². The summed E-state index contributed by atoms with van der Waals surface area (Å²) in [4.78, 5) is 12.4. The van der Waals surface area contributed by atoms with Gasteiger partial charge in [-0.25, -0.2) is 4.68 Å². The molecule has 0 fully saturated rings. The highest BCUT2D eigenvalue weighted by atomic mass is 16.3. The van der Waals surface area contributed by atoms with Crippen molar-refractivity contribution in [2.24, 2.45) is 0 Å². The fourth-order valence-corrected chi connectivity index (χ4v) is 2.64. The van der Waals surface area contributed by atoms with Gasteiger partial charge in [-0.1, -0.05) is 24.3 Å². The number of aromatic nitrogens is 2. The molecule has 0 aliphatic rings. The Morgan fingerprint density at radius 2 is 1.96 bits per heavy atom. The topological polar surface area (TPSA) is 80.3 Å². The van der Waals surface area contributed by atoms with Crippen LogP contribution in [0.3, 0.4) is 0 Å². The van der Waals surface area contributed by atoms with Crippen molar-refractivity contribution in [2.75, 3.05) is 11.9 Å². The molecule has 0 aliphatic heterocycles. The normalized spacial score (nSPS) is 10.9. The molecule has 0 saturated heterocycles. The summed E-state index contributed by atoms with van der Waals surface area (Å²) >= 11 is 0. The van der Waals surface area contributed by atoms with Crippen LogP contribution in [-0.4, -0.2) is 27.4 Å². The number of hydrogen-bond acceptors (Lipinski definition) is 4. The first kappa shape index (κ1) is 17.0. The quantitative estimate of drug-likeness (QED) is 0.747. The number of hydrogen-bond donors (Lipinski definition) is 2. The van der Waals surface area contributed by atoms with Crippen molar-refractivity contribution in [3.63, 3.8) is 0 Å². The molecular weight excluding hydrogens is 318 g/mol. The minimum Gasteiger partial charge on any atom is -0.456 e. The van der Waals surface area contributed by atoms with E-state index >= 15 is 0 Å². The van der Waals surface area contributed by atoms with Crippen LogP contribution >= 0.6 is 0 Å². The third-order valence-corrected chi connectivity index (χ3v) is 4.14. The molecule has 0 unspecified atom stereocenters. The highest BCUT2D eigenvalue weighted by molar-refractivity contribution is 6.02. The van der Waals surface area contributed by atoms with E-state index < -0.39 is 0 Å². The Hall–Kier alpha value is -2.86. The van der Waals surface area contributed by atoms with Gasteiger partial charge < -0.3 is 14.8 Å². The Morgan fingerprint density at radius 3 is 2.60 bits per heavy atom. The molecule has 0 saturated carbocycles. The summed E-state index contributed by atoms with van der Waals surface area (Å²) < 4.78 is 7.05. The number of aryl methyl sites for hydroxylation is 3. The molecule has 2 aromatic heterocycles. The summed E-state index contributed by atoms with van der Waals surface area (Å²) in [7, 11) is 0. The number of nitrogens with one attached hydrogen (secondary N) is 1. The van der Waals surface area contributed by atoms with Crippen molar-refractivity contribution in [2.45, 2.75) is 27.3 Å². The van der Waals surface area contributed by atoms with Gasteiger partial charge in [0.15, 0.2) is 5.76 Å². The lowest BCUT2D eigenvalue weighted by Gasteiger charge is -2.06. The number of rotatable bonds is 5. The van der Waals surface area contributed by atoms with Crippen LogP contribution in [0.2, 0.25) is 0 Å². The number of aliphatic hydroxyl groups is 1. The maximum Gasteiger partial charge on any atom is 0.292 e. The second kappa shape index (κ2) is 6.94. The Labute approximate surface area is 146 Å². The molecule has 0 spiro atoms. The number of nitrogens with zero attached hydrogens (tertiary/aromatic N) is 2. The second-order valence-electron chi connectivity index (χ2n) is 5.98. The monoisotopic (exact) mass is 339 g/mol. The van der Waals surface area contributed by atoms with Gasteiger partial charge in [-0.2, -0.15) is 5.10 Å². The summed E-state index contributed by atoms with van der Waals surface area (Å²) in [6.45, 7) is 5.93. The molecule has 25 heavy (non-hydrogen) atoms. The molecule has 2 N–H and O–H groups in total. The van der Waals surface area contributed by atoms with Crippen LogP contribution in [0.5, 0.6) is 0 Å². The van der Waals surface area contributed by atoms with E-state index in [2.05, 4.69) is 10.4 Å². The van der Waals surface area contributed by atoms with Crippen molar-refractivity contribution in [1.82, 2.24) is 9.78 Å². The Bertz CT molecular complexity index is 889. The van der Waals surface area contributed by atoms with Crippen LogP contribution < -0.4 is 5.32 Å². The van der Waals surface area contributed by atoms with E-state index in [-0.39, 0.29) is 24.8 Å². The fourth-order valence-electron chi connectivity index (χ4n) is 2.64. The highest BCUT2D eigenvalue weighted by Gasteiger charge is 2.17. The predicted octanol–water partition coefficient (Wildman–Crippen LogP) is 3.31. The van der Waals surface area contributed by atoms with E-state index in [4.69, 9.17) is 4.42 Å². The molecule has 3 aromatic rings. The summed E-state index contributed by atoms with van der Waals surface area (Å²) in [5, 5.41) is 16.6. The number of amides is 1. The van der Waals surface area contributed by atoms with E-state index in [0.717, 1.165) is 28.1 Å². The van der Waals surface area contributed by atoms with Gasteiger partial charge in [0.1, 0.15) is 11.6 Å². The van der Waals surface area contributed by atoms with Crippen molar-refractivity contribution in [3.05, 3.63) is 59.0 Å². The summed E-state index contributed by atoms with van der Waals surface area (Å²) in [5.41, 5.74) is 3.74. The molecule has 6 heteroatoms. The average Bonchev–Trinajstić information content (AvgIpc) is 3.12. The molecule has 6 nitrogen and oxygen atoms in total. The van der Waals surface area contributed by atoms with Crippen LogP contribution in [0.1, 0.15) is 27.4 Å². The number of anilines is 1. The van der Waals surface area contributed by atoms with E-state index in [1.165, 1.54) is 0 Å². The zero-order valence-electron chi connectivity index (χ0n) is 14.5. The van der Waals surface area contributed by atoms with Crippen molar-refractivity contribution < 1.29 is 14.3 Å². The molecule has 130 valence electrons. The standard InChI is InChI=1S/C19H21N3O3/c1-12-6-4-5-7-15(12)16-11-18(22(21-16)8-9-23)20-19(24)17-10-13(2)14(3)25-17/h4-7,10-11,23H,8-9H2,1-3H3,(H,20,24). The summed E-state index contributed by atoms with van der Waals surface area (Å²) in [6.07, 6.45) is 0. The predicted molar refractivity (Wildman–Crippen MR) is 95.6 cm³/mol. The molecule has 2 heterocycles. The molecule has 0 aliphatic carbocycles. The number of carbonyl (C=O) groups excluding carboxylic acids is 1. The van der Waals surface area contributed by atoms with Crippen LogP contribution in [0.25, 0.3) is 11.3 Å². The van der Waals surface area contributed by atoms with Gasteiger partial charge in [-0.3, -0.25) is 4.79 Å². The van der Waals surface area contributed by atoms with Gasteiger partial charge >= 0.3 is 0 Å². The maximum absolute atomic E-state index is 12.4. The van der Waals surface area contributed by atoms with E-state index in [0.29, 0.717) is 5.82 Å². The Kier molecular flexibility index (Phi) is 4.72. The van der Waals surface area contributed by atoms with Crippen LogP contribution in [0.15, 0.2) is 40.8 Å². The summed E-state index contributed by atoms with van der Waals surface area (Å²) in [5.74, 6) is 1.15. The third kappa shape index (κ3) is 3.49. The lowest BCUT2D eigenvalue weighted by atomic mass is 10.1. The average molecular weight is 339 g/mol. The lowest BCUT2D eigenvalue weighted by Crippen LogP contribution is -2.16. The first-order valence-electron chi connectivity index (χ1n) is 8.12. The smallest absolute Gasteiger partial charge is 0.292 e. The largest absolute Gasteiger partial charge is 0.456 e. The first-order valence-corrected chi connectivity index (χ1v) is 8.12. The van der Waals surface area contributed by atoms with E-state index in [1.807, 2.05) is 45.0 Å². The molecule has 3 rings (SSSR count). The van der Waals surface area contributed by atoms with Crippen LogP contribution in [0.4, 0.5) is 5.82 Å². The molecule has 1 aromatic carbocycles. The number of carbonyl (C=O) groups is 1. The lowest BCUT2D eigenvalue weighted by molar-refractivity contribution is 0.0994. The minimum atomic E-state index is -0.341. The number of furan rings is 1. The zero-order valence-corrected chi connectivity index (χ0v) is 14.5. The Morgan fingerprint density at radius 1 is 1.20 bits per heavy atom. The second-order valence-corrected chi connectivity index (χ2v) is 5.98. The Balaban J connectivity index is 1.92. The van der Waals surface area contributed by atoms with Crippen molar-refractivity contribution >= 4 is 11.7 Å². The van der Waals surface area contributed by atoms with E-state index in [9.17, 15) is 9.90 Å². The van der Waals surface area contributed by atoms with E-state index in [1.54, 1.807) is 16.8 Å². The van der Waals surface area contributed by atoms with Crippen molar-refractivity contribution in [1.29, 1.82) is 0 Å². The minimum absolute atomic E-state index is 0.0727. The van der Waals surface area contributed by atoms with Gasteiger partial charge in [0, 0.05) is 11.6 Å². The fraction of sp³-hybridized carbons (Fsp3) is 0.263. The van der Waals surface area contributed by atoms with Crippen LogP contribution in [-0.2, 0) is 6.54 Å². The van der Waals surface area contributed by atoms with Gasteiger partial charge in [0.25, 0.3) is 5.91 Å². The highest BCUT2D eigenvalue weighted by Crippen LogP contribution is 2.25. The number of aliphatic hydroxyl groups excluding tert-OH is 1. The van der Waals surface area contributed by atoms with Gasteiger partial charge in [0.05, 0.1) is 18.8 Å². The number of benzene rings is 1. The van der Waals surface area contributed by atoms with Gasteiger partial charge in [0.2, 0.25) is 0 Å². The molecule has 0 bridgehead atoms. The third-order valence-electron chi connectivity index (χ3n) is 4.14. The zero-order chi connectivity index (χ0) is 18.0. The SMILES string of the molecule is Cc1ccccc1-c1cc(NC(=O)c2cc(C)c(C)o2)n(CCO)n1. The van der Waals surface area contributed by atoms with Crippen molar-refractivity contribution in [3.8, 4) is 11.3 Å². The first-order chi connectivity index (χ1) is 12.0.